The summed E-state index contributed by atoms with van der Waals surface area (Å²) in [6.07, 6.45) is 1.71. The molecule has 3 rings (SSSR count). The lowest BCUT2D eigenvalue weighted by molar-refractivity contribution is 0.401. The molecule has 21 heavy (non-hydrogen) atoms. The highest BCUT2D eigenvalue weighted by molar-refractivity contribution is 7.89. The third-order valence-electron chi connectivity index (χ3n) is 3.57. The Hall–Kier alpha value is -0.590. The van der Waals surface area contributed by atoms with E-state index in [1.54, 1.807) is 15.6 Å². The fraction of sp³-hybridized carbons (Fsp3) is 0.286. The van der Waals surface area contributed by atoms with Gasteiger partial charge in [0.25, 0.3) is 0 Å². The first-order valence-electron chi connectivity index (χ1n) is 6.50. The van der Waals surface area contributed by atoms with Crippen molar-refractivity contribution in [2.24, 2.45) is 0 Å². The van der Waals surface area contributed by atoms with Crippen molar-refractivity contribution in [2.75, 3.05) is 6.54 Å². The summed E-state index contributed by atoms with van der Waals surface area (Å²) in [5, 5.41) is 2.58. The first kappa shape index (κ1) is 15.3. The second kappa shape index (κ2) is 5.89. The maximum atomic E-state index is 12.8. The molecule has 1 saturated heterocycles. The van der Waals surface area contributed by atoms with E-state index in [1.807, 2.05) is 17.5 Å². The van der Waals surface area contributed by atoms with Crippen LogP contribution in [-0.2, 0) is 10.0 Å². The van der Waals surface area contributed by atoms with Crippen LogP contribution < -0.4 is 0 Å². The van der Waals surface area contributed by atoms with Crippen molar-refractivity contribution in [3.05, 3.63) is 50.6 Å². The van der Waals surface area contributed by atoms with E-state index in [-0.39, 0.29) is 16.0 Å². The first-order chi connectivity index (χ1) is 10.00. The van der Waals surface area contributed by atoms with Crippen molar-refractivity contribution in [3.8, 4) is 0 Å². The van der Waals surface area contributed by atoms with Crippen LogP contribution in [0, 0.1) is 0 Å². The Kier molecular flexibility index (Phi) is 4.30. The van der Waals surface area contributed by atoms with Gasteiger partial charge in [0.2, 0.25) is 10.0 Å². The number of nitrogens with zero attached hydrogens (tertiary/aromatic N) is 1. The summed E-state index contributed by atoms with van der Waals surface area (Å²) < 4.78 is 27.2. The fourth-order valence-corrected chi connectivity index (χ4v) is 5.57. The highest BCUT2D eigenvalue weighted by Crippen LogP contribution is 2.39. The van der Waals surface area contributed by atoms with Crippen LogP contribution in [0.2, 0.25) is 10.0 Å². The van der Waals surface area contributed by atoms with Gasteiger partial charge in [0, 0.05) is 11.4 Å². The van der Waals surface area contributed by atoms with Gasteiger partial charge in [-0.25, -0.2) is 8.42 Å². The molecule has 1 aromatic carbocycles. The average Bonchev–Trinajstić information content (AvgIpc) is 3.11. The normalized spacial score (nSPS) is 20.0. The van der Waals surface area contributed by atoms with Gasteiger partial charge in [-0.3, -0.25) is 0 Å². The van der Waals surface area contributed by atoms with E-state index in [9.17, 15) is 8.42 Å². The summed E-state index contributed by atoms with van der Waals surface area (Å²) in [5.74, 6) is 0. The molecule has 7 heteroatoms. The maximum Gasteiger partial charge on any atom is 0.243 e. The second-order valence-electron chi connectivity index (χ2n) is 4.87. The number of benzene rings is 1. The maximum absolute atomic E-state index is 12.8. The van der Waals surface area contributed by atoms with E-state index in [0.29, 0.717) is 11.6 Å². The minimum absolute atomic E-state index is 0.0792. The van der Waals surface area contributed by atoms with Gasteiger partial charge in [0.15, 0.2) is 0 Å². The molecule has 1 atom stereocenters. The molecule has 1 aliphatic heterocycles. The third kappa shape index (κ3) is 2.85. The number of sulfonamides is 1. The molecule has 3 nitrogen and oxygen atoms in total. The molecule has 0 N–H and O–H groups in total. The molecule has 2 aromatic rings. The lowest BCUT2D eigenvalue weighted by Crippen LogP contribution is -2.30. The van der Waals surface area contributed by atoms with Crippen LogP contribution in [0.25, 0.3) is 0 Å². The second-order valence-corrected chi connectivity index (χ2v) is 8.55. The molecule has 1 aromatic heterocycles. The molecule has 0 amide bonds. The zero-order valence-corrected chi connectivity index (χ0v) is 14.1. The highest BCUT2D eigenvalue weighted by atomic mass is 35.5. The average molecular weight is 362 g/mol. The molecule has 0 spiro atoms. The quantitative estimate of drug-likeness (QED) is 0.801. The van der Waals surface area contributed by atoms with Crippen molar-refractivity contribution in [1.82, 2.24) is 4.31 Å². The van der Waals surface area contributed by atoms with Crippen LogP contribution in [0.1, 0.15) is 23.8 Å². The van der Waals surface area contributed by atoms with Crippen molar-refractivity contribution >= 4 is 44.6 Å². The Balaban J connectivity index is 1.99. The fourth-order valence-electron chi connectivity index (χ4n) is 2.57. The summed E-state index contributed by atoms with van der Waals surface area (Å²) in [4.78, 5) is 1.27. The minimum atomic E-state index is -3.56. The molecule has 0 radical (unpaired) electrons. The van der Waals surface area contributed by atoms with E-state index >= 15 is 0 Å². The predicted molar refractivity (Wildman–Crippen MR) is 86.6 cm³/mol. The van der Waals surface area contributed by atoms with Crippen LogP contribution in [0.3, 0.4) is 0 Å². The Bertz CT molecular complexity index is 744. The van der Waals surface area contributed by atoms with Crippen LogP contribution in [0.15, 0.2) is 40.6 Å². The van der Waals surface area contributed by atoms with Crippen molar-refractivity contribution in [3.63, 3.8) is 0 Å². The van der Waals surface area contributed by atoms with E-state index < -0.39 is 10.0 Å². The van der Waals surface area contributed by atoms with Crippen LogP contribution >= 0.6 is 34.5 Å². The SMILES string of the molecule is O=S(=O)(c1ccc(Cl)c(Cl)c1)N1CCC[C@@H]1c1cccs1. The largest absolute Gasteiger partial charge is 0.243 e. The lowest BCUT2D eigenvalue weighted by Gasteiger charge is -2.23. The molecule has 0 bridgehead atoms. The first-order valence-corrected chi connectivity index (χ1v) is 9.58. The van der Waals surface area contributed by atoms with Gasteiger partial charge in [0.05, 0.1) is 21.0 Å². The van der Waals surface area contributed by atoms with Gasteiger partial charge >= 0.3 is 0 Å². The standard InChI is InChI=1S/C14H13Cl2NO2S2/c15-11-6-5-10(9-12(11)16)21(18,19)17-7-1-3-13(17)14-4-2-8-20-14/h2,4-6,8-9,13H,1,3,7H2/t13-/m1/s1. The van der Waals surface area contributed by atoms with E-state index in [2.05, 4.69) is 0 Å². The Morgan fingerprint density at radius 1 is 1.19 bits per heavy atom. The predicted octanol–water partition coefficient (Wildman–Crippen LogP) is 4.58. The third-order valence-corrected chi connectivity index (χ3v) is 7.19. The molecular weight excluding hydrogens is 349 g/mol. The van der Waals surface area contributed by atoms with Crippen molar-refractivity contribution in [1.29, 1.82) is 0 Å². The number of halogens is 2. The summed E-state index contributed by atoms with van der Waals surface area (Å²) >= 11 is 13.4. The topological polar surface area (TPSA) is 37.4 Å². The Morgan fingerprint density at radius 3 is 2.67 bits per heavy atom. The smallest absolute Gasteiger partial charge is 0.207 e. The molecule has 0 unspecified atom stereocenters. The molecule has 1 fully saturated rings. The number of thiophene rings is 1. The molecule has 0 aliphatic carbocycles. The van der Waals surface area contributed by atoms with Crippen LogP contribution in [0.4, 0.5) is 0 Å². The van der Waals surface area contributed by atoms with E-state index in [4.69, 9.17) is 23.2 Å². The van der Waals surface area contributed by atoms with Crippen molar-refractivity contribution < 1.29 is 8.42 Å². The summed E-state index contributed by atoms with van der Waals surface area (Å²) in [6.45, 7) is 0.533. The lowest BCUT2D eigenvalue weighted by atomic mass is 10.2. The number of hydrogen-bond acceptors (Lipinski definition) is 3. The van der Waals surface area contributed by atoms with Gasteiger partial charge < -0.3 is 0 Å². The zero-order chi connectivity index (χ0) is 15.0. The number of hydrogen-bond donors (Lipinski definition) is 0. The van der Waals surface area contributed by atoms with E-state index in [1.165, 1.54) is 18.2 Å². The van der Waals surface area contributed by atoms with Gasteiger partial charge in [-0.05, 0) is 42.5 Å². The summed E-state index contributed by atoms with van der Waals surface area (Å²) in [5.41, 5.74) is 0. The Morgan fingerprint density at radius 2 is 2.00 bits per heavy atom. The Labute approximate surface area is 138 Å². The van der Waals surface area contributed by atoms with Gasteiger partial charge in [-0.1, -0.05) is 29.3 Å². The monoisotopic (exact) mass is 361 g/mol. The number of rotatable bonds is 3. The zero-order valence-electron chi connectivity index (χ0n) is 11.0. The van der Waals surface area contributed by atoms with Crippen molar-refractivity contribution in [2.45, 2.75) is 23.8 Å². The molecule has 0 saturated carbocycles. The summed E-state index contributed by atoms with van der Waals surface area (Å²) in [7, 11) is -3.56. The van der Waals surface area contributed by atoms with Gasteiger partial charge in [-0.15, -0.1) is 11.3 Å². The minimum Gasteiger partial charge on any atom is -0.207 e. The van der Waals surface area contributed by atoms with Gasteiger partial charge in [-0.2, -0.15) is 4.31 Å². The van der Waals surface area contributed by atoms with Crippen LogP contribution in [0.5, 0.6) is 0 Å². The molecule has 1 aliphatic rings. The molecular formula is C14H13Cl2NO2S2. The summed E-state index contributed by atoms with van der Waals surface area (Å²) in [6, 6.07) is 8.30. The molecule has 112 valence electrons. The van der Waals surface area contributed by atoms with Gasteiger partial charge in [0.1, 0.15) is 0 Å². The van der Waals surface area contributed by atoms with Crippen LogP contribution in [-0.4, -0.2) is 19.3 Å². The molecule has 2 heterocycles. The highest BCUT2D eigenvalue weighted by Gasteiger charge is 2.36. The van der Waals surface area contributed by atoms with E-state index in [0.717, 1.165) is 17.7 Å².